The summed E-state index contributed by atoms with van der Waals surface area (Å²) in [6.45, 7) is 7.11. The van der Waals surface area contributed by atoms with Gasteiger partial charge < -0.3 is 10.1 Å². The quantitative estimate of drug-likeness (QED) is 0.764. The first-order chi connectivity index (χ1) is 9.72. The van der Waals surface area contributed by atoms with Crippen molar-refractivity contribution in [3.05, 3.63) is 28.8 Å². The number of hydrogen-bond acceptors (Lipinski definition) is 4. The fraction of sp³-hybridized carbons (Fsp3) is 0.571. The molecule has 0 amide bonds. The summed E-state index contributed by atoms with van der Waals surface area (Å²) in [5.74, 6) is 0. The zero-order valence-corrected chi connectivity index (χ0v) is 14.4. The molecule has 1 aromatic rings. The van der Waals surface area contributed by atoms with Crippen LogP contribution in [0, 0.1) is 0 Å². The molecular formula is C14H23ClN2O3S. The molecule has 0 saturated carbocycles. The topological polar surface area (TPSA) is 67.4 Å². The monoisotopic (exact) mass is 334 g/mol. The summed E-state index contributed by atoms with van der Waals surface area (Å²) in [6, 6.07) is 4.69. The molecule has 0 aliphatic carbocycles. The van der Waals surface area contributed by atoms with Crippen molar-refractivity contribution >= 4 is 21.6 Å². The molecule has 0 spiro atoms. The molecule has 1 aromatic carbocycles. The van der Waals surface area contributed by atoms with E-state index in [9.17, 15) is 8.42 Å². The molecule has 5 nitrogen and oxygen atoms in total. The molecule has 7 heteroatoms. The fourth-order valence-electron chi connectivity index (χ4n) is 1.54. The summed E-state index contributed by atoms with van der Waals surface area (Å²) in [6.07, 6.45) is 0. The van der Waals surface area contributed by atoms with Gasteiger partial charge in [-0.3, -0.25) is 0 Å². The minimum Gasteiger partial charge on any atom is -0.377 e. The smallest absolute Gasteiger partial charge is 0.240 e. The fourth-order valence-corrected chi connectivity index (χ4v) is 2.97. The average molecular weight is 335 g/mol. The Morgan fingerprint density at radius 3 is 2.57 bits per heavy atom. The van der Waals surface area contributed by atoms with E-state index in [0.717, 1.165) is 12.1 Å². The summed E-state index contributed by atoms with van der Waals surface area (Å²) in [5.41, 5.74) is 0.193. The molecule has 0 heterocycles. The summed E-state index contributed by atoms with van der Waals surface area (Å²) in [5, 5.41) is 3.68. The third-order valence-electron chi connectivity index (χ3n) is 3.13. The maximum absolute atomic E-state index is 12.3. The number of methoxy groups -OCH3 is 1. The molecule has 0 aliphatic rings. The Hall–Kier alpha value is -0.660. The highest BCUT2D eigenvalue weighted by Gasteiger charge is 2.22. The number of nitrogens with one attached hydrogen (secondary N) is 2. The van der Waals surface area contributed by atoms with Gasteiger partial charge in [0.15, 0.2) is 0 Å². The van der Waals surface area contributed by atoms with Crippen molar-refractivity contribution in [1.29, 1.82) is 0 Å². The maximum atomic E-state index is 12.3. The van der Waals surface area contributed by atoms with Crippen LogP contribution in [0.5, 0.6) is 0 Å². The summed E-state index contributed by atoms with van der Waals surface area (Å²) in [4.78, 5) is 0.201. The van der Waals surface area contributed by atoms with Crippen LogP contribution in [0.4, 0.5) is 0 Å². The van der Waals surface area contributed by atoms with Crippen LogP contribution in [0.2, 0.25) is 5.02 Å². The SMILES string of the molecule is CCNCc1cc(S(=O)(=O)NCC(C)(C)OC)ccc1Cl. The number of rotatable bonds is 8. The Balaban J connectivity index is 2.93. The molecule has 0 saturated heterocycles. The Morgan fingerprint density at radius 1 is 1.33 bits per heavy atom. The van der Waals surface area contributed by atoms with Gasteiger partial charge in [-0.1, -0.05) is 18.5 Å². The van der Waals surface area contributed by atoms with Gasteiger partial charge in [-0.05, 0) is 44.2 Å². The van der Waals surface area contributed by atoms with Crippen molar-refractivity contribution in [2.75, 3.05) is 20.2 Å². The minimum absolute atomic E-state index is 0.191. The highest BCUT2D eigenvalue weighted by Crippen LogP contribution is 2.20. The molecule has 0 aliphatic heterocycles. The third-order valence-corrected chi connectivity index (χ3v) is 4.90. The Bertz CT molecular complexity index is 574. The van der Waals surface area contributed by atoms with Crippen LogP contribution in [0.25, 0.3) is 0 Å². The van der Waals surface area contributed by atoms with Crippen LogP contribution in [0.3, 0.4) is 0 Å². The molecule has 0 fully saturated rings. The van der Waals surface area contributed by atoms with Gasteiger partial charge in [-0.15, -0.1) is 0 Å². The highest BCUT2D eigenvalue weighted by molar-refractivity contribution is 7.89. The van der Waals surface area contributed by atoms with Crippen molar-refractivity contribution in [2.45, 2.75) is 37.8 Å². The van der Waals surface area contributed by atoms with Gasteiger partial charge in [0.1, 0.15) is 0 Å². The van der Waals surface area contributed by atoms with E-state index < -0.39 is 15.6 Å². The highest BCUT2D eigenvalue weighted by atomic mass is 35.5. The summed E-state index contributed by atoms with van der Waals surface area (Å²) in [7, 11) is -2.04. The van der Waals surface area contributed by atoms with Crippen molar-refractivity contribution in [1.82, 2.24) is 10.0 Å². The molecule has 0 aromatic heterocycles. The number of benzene rings is 1. The van der Waals surface area contributed by atoms with E-state index in [4.69, 9.17) is 16.3 Å². The molecular weight excluding hydrogens is 312 g/mol. The van der Waals surface area contributed by atoms with E-state index in [1.165, 1.54) is 6.07 Å². The van der Waals surface area contributed by atoms with Crippen molar-refractivity contribution in [3.63, 3.8) is 0 Å². The van der Waals surface area contributed by atoms with Crippen LogP contribution in [-0.4, -0.2) is 34.2 Å². The normalized spacial score (nSPS) is 12.6. The third kappa shape index (κ3) is 5.56. The van der Waals surface area contributed by atoms with E-state index in [-0.39, 0.29) is 11.4 Å². The first-order valence-electron chi connectivity index (χ1n) is 6.76. The Morgan fingerprint density at radius 2 is 2.00 bits per heavy atom. The minimum atomic E-state index is -3.58. The van der Waals surface area contributed by atoms with Gasteiger partial charge in [-0.25, -0.2) is 13.1 Å². The van der Waals surface area contributed by atoms with Gasteiger partial charge in [0.05, 0.1) is 10.5 Å². The predicted molar refractivity (Wildman–Crippen MR) is 85.1 cm³/mol. The lowest BCUT2D eigenvalue weighted by Gasteiger charge is -2.23. The Labute approximate surface area is 132 Å². The lowest BCUT2D eigenvalue weighted by molar-refractivity contribution is 0.0276. The van der Waals surface area contributed by atoms with Crippen LogP contribution in [0.15, 0.2) is 23.1 Å². The average Bonchev–Trinajstić information content (AvgIpc) is 2.44. The van der Waals surface area contributed by atoms with E-state index in [1.54, 1.807) is 19.2 Å². The number of hydrogen-bond donors (Lipinski definition) is 2. The van der Waals surface area contributed by atoms with E-state index in [1.807, 2.05) is 20.8 Å². The van der Waals surface area contributed by atoms with E-state index >= 15 is 0 Å². The Kier molecular flexibility index (Phi) is 6.62. The van der Waals surface area contributed by atoms with Crippen LogP contribution in [-0.2, 0) is 21.3 Å². The van der Waals surface area contributed by atoms with E-state index in [2.05, 4.69) is 10.0 Å². The van der Waals surface area contributed by atoms with Crippen LogP contribution < -0.4 is 10.0 Å². The molecule has 0 atom stereocenters. The lowest BCUT2D eigenvalue weighted by atomic mass is 10.1. The summed E-state index contributed by atoms with van der Waals surface area (Å²) >= 11 is 6.08. The van der Waals surface area contributed by atoms with Gasteiger partial charge in [0, 0.05) is 25.2 Å². The van der Waals surface area contributed by atoms with Gasteiger partial charge in [0.25, 0.3) is 0 Å². The van der Waals surface area contributed by atoms with Crippen LogP contribution >= 0.6 is 11.6 Å². The second-order valence-corrected chi connectivity index (χ2v) is 7.50. The van der Waals surface area contributed by atoms with Gasteiger partial charge in [-0.2, -0.15) is 0 Å². The first-order valence-corrected chi connectivity index (χ1v) is 8.62. The molecule has 0 radical (unpaired) electrons. The molecule has 120 valence electrons. The van der Waals surface area contributed by atoms with E-state index in [0.29, 0.717) is 11.6 Å². The molecule has 0 bridgehead atoms. The lowest BCUT2D eigenvalue weighted by Crippen LogP contribution is -2.39. The largest absolute Gasteiger partial charge is 0.377 e. The number of halogens is 1. The predicted octanol–water partition coefficient (Wildman–Crippen LogP) is 2.15. The number of ether oxygens (including phenoxy) is 1. The van der Waals surface area contributed by atoms with Crippen molar-refractivity contribution < 1.29 is 13.2 Å². The number of sulfonamides is 1. The summed E-state index contributed by atoms with van der Waals surface area (Å²) < 4.78 is 32.4. The van der Waals surface area contributed by atoms with Crippen LogP contribution in [0.1, 0.15) is 26.3 Å². The van der Waals surface area contributed by atoms with Crippen molar-refractivity contribution in [2.24, 2.45) is 0 Å². The standard InChI is InChI=1S/C14H23ClN2O3S/c1-5-16-9-11-8-12(6-7-13(11)15)21(18,19)17-10-14(2,3)20-4/h6-8,16-17H,5,9-10H2,1-4H3. The van der Waals surface area contributed by atoms with Gasteiger partial charge in [0.2, 0.25) is 10.0 Å². The second-order valence-electron chi connectivity index (χ2n) is 5.32. The zero-order valence-electron chi connectivity index (χ0n) is 12.9. The van der Waals surface area contributed by atoms with Crippen molar-refractivity contribution in [3.8, 4) is 0 Å². The zero-order chi connectivity index (χ0) is 16.1. The second kappa shape index (κ2) is 7.56. The molecule has 21 heavy (non-hydrogen) atoms. The first kappa shape index (κ1) is 18.4. The maximum Gasteiger partial charge on any atom is 0.240 e. The molecule has 2 N–H and O–H groups in total. The molecule has 1 rings (SSSR count). The molecule has 0 unspecified atom stereocenters. The van der Waals surface area contributed by atoms with Gasteiger partial charge >= 0.3 is 0 Å².